The largest absolute Gasteiger partial charge is 0.478 e. The summed E-state index contributed by atoms with van der Waals surface area (Å²) in [6.07, 6.45) is -0.997. The van der Waals surface area contributed by atoms with Crippen LogP contribution in [0.4, 0.5) is 5.69 Å². The van der Waals surface area contributed by atoms with E-state index in [4.69, 9.17) is 14.6 Å². The molecule has 0 fully saturated rings. The van der Waals surface area contributed by atoms with Crippen LogP contribution in [0, 0.1) is 0 Å². The Labute approximate surface area is 111 Å². The van der Waals surface area contributed by atoms with Crippen LogP contribution in [0.1, 0.15) is 24.2 Å². The van der Waals surface area contributed by atoms with Crippen LogP contribution in [0.5, 0.6) is 0 Å². The van der Waals surface area contributed by atoms with Crippen LogP contribution < -0.4 is 5.32 Å². The van der Waals surface area contributed by atoms with E-state index in [1.54, 1.807) is 26.0 Å². The summed E-state index contributed by atoms with van der Waals surface area (Å²) < 4.78 is 10.3. The average molecular weight is 267 g/mol. The maximum absolute atomic E-state index is 11.9. The molecular weight excluding hydrogens is 250 g/mol. The number of carboxylic acids is 1. The molecule has 19 heavy (non-hydrogen) atoms. The summed E-state index contributed by atoms with van der Waals surface area (Å²) in [5, 5.41) is 11.4. The molecule has 0 spiro atoms. The van der Waals surface area contributed by atoms with Crippen molar-refractivity contribution < 1.29 is 24.2 Å². The Hall–Kier alpha value is -1.92. The van der Waals surface area contributed by atoms with Crippen molar-refractivity contribution in [3.05, 3.63) is 29.8 Å². The van der Waals surface area contributed by atoms with Crippen LogP contribution in [0.3, 0.4) is 0 Å². The van der Waals surface area contributed by atoms with Crippen LogP contribution >= 0.6 is 0 Å². The first kappa shape index (κ1) is 15.1. The summed E-state index contributed by atoms with van der Waals surface area (Å²) in [7, 11) is 0. The normalized spacial score (nSPS) is 10.5. The van der Waals surface area contributed by atoms with Crippen molar-refractivity contribution in [1.82, 2.24) is 0 Å². The van der Waals surface area contributed by atoms with Crippen LogP contribution in [0.25, 0.3) is 0 Å². The Morgan fingerprint density at radius 1 is 1.26 bits per heavy atom. The number of hydrogen-bond donors (Lipinski definition) is 2. The minimum atomic E-state index is -1.05. The highest BCUT2D eigenvalue weighted by Crippen LogP contribution is 2.11. The van der Waals surface area contributed by atoms with Crippen molar-refractivity contribution in [3.8, 4) is 0 Å². The Morgan fingerprint density at radius 3 is 2.42 bits per heavy atom. The quantitative estimate of drug-likeness (QED) is 0.735. The number of carbonyl (C=O) groups is 2. The van der Waals surface area contributed by atoms with Gasteiger partial charge in [-0.3, -0.25) is 4.79 Å². The van der Waals surface area contributed by atoms with Gasteiger partial charge in [0, 0.05) is 18.9 Å². The fraction of sp³-hybridized carbons (Fsp3) is 0.385. The van der Waals surface area contributed by atoms with Gasteiger partial charge >= 0.3 is 5.97 Å². The number of anilines is 1. The maximum Gasteiger partial charge on any atom is 0.335 e. The number of benzene rings is 1. The summed E-state index contributed by atoms with van der Waals surface area (Å²) in [6, 6.07) is 5.96. The molecule has 0 unspecified atom stereocenters. The van der Waals surface area contributed by atoms with E-state index in [9.17, 15) is 9.59 Å². The summed E-state index contributed by atoms with van der Waals surface area (Å²) in [4.78, 5) is 22.7. The molecule has 1 rings (SSSR count). The first-order valence-corrected chi connectivity index (χ1v) is 5.95. The molecule has 6 heteroatoms. The number of rotatable bonds is 7. The highest BCUT2D eigenvalue weighted by molar-refractivity contribution is 5.95. The van der Waals surface area contributed by atoms with Crippen molar-refractivity contribution in [3.63, 3.8) is 0 Å². The predicted octanol–water partition coefficient (Wildman–Crippen LogP) is 1.72. The zero-order valence-electron chi connectivity index (χ0n) is 10.9. The van der Waals surface area contributed by atoms with E-state index in [0.717, 1.165) is 0 Å². The van der Waals surface area contributed by atoms with E-state index in [1.807, 2.05) is 0 Å². The Kier molecular flexibility index (Phi) is 5.98. The van der Waals surface area contributed by atoms with E-state index in [1.165, 1.54) is 12.1 Å². The van der Waals surface area contributed by atoms with Crippen LogP contribution in [-0.4, -0.2) is 36.5 Å². The standard InChI is InChI=1S/C13H17NO5/c1-3-18-13(19-4-2)11(15)14-10-7-5-6-9(8-10)12(16)17/h5-8,13H,3-4H2,1-2H3,(H,14,15)(H,16,17). The first-order valence-electron chi connectivity index (χ1n) is 5.95. The number of carbonyl (C=O) groups excluding carboxylic acids is 1. The van der Waals surface area contributed by atoms with Crippen LogP contribution in [0.2, 0.25) is 0 Å². The lowest BCUT2D eigenvalue weighted by molar-refractivity contribution is -0.164. The third-order valence-electron chi connectivity index (χ3n) is 2.23. The molecule has 0 saturated carbocycles. The number of aromatic carboxylic acids is 1. The molecule has 1 amide bonds. The van der Waals surface area contributed by atoms with E-state index < -0.39 is 18.2 Å². The SMILES string of the molecule is CCOC(OCC)C(=O)Nc1cccc(C(=O)O)c1. The first-order chi connectivity index (χ1) is 9.08. The molecule has 0 atom stereocenters. The number of carboxylic acid groups (broad SMARTS) is 1. The van der Waals surface area contributed by atoms with Crippen molar-refractivity contribution >= 4 is 17.6 Å². The predicted molar refractivity (Wildman–Crippen MR) is 69.1 cm³/mol. The minimum Gasteiger partial charge on any atom is -0.478 e. The van der Waals surface area contributed by atoms with Gasteiger partial charge in [-0.2, -0.15) is 0 Å². The summed E-state index contributed by atoms with van der Waals surface area (Å²) >= 11 is 0. The van der Waals surface area contributed by atoms with Gasteiger partial charge in [-0.25, -0.2) is 4.79 Å². The third-order valence-corrected chi connectivity index (χ3v) is 2.23. The highest BCUT2D eigenvalue weighted by atomic mass is 16.7. The Balaban J connectivity index is 2.74. The molecule has 0 aromatic heterocycles. The average Bonchev–Trinajstić information content (AvgIpc) is 2.38. The summed E-state index contributed by atoms with van der Waals surface area (Å²) in [6.45, 7) is 4.19. The second kappa shape index (κ2) is 7.50. The second-order valence-corrected chi connectivity index (χ2v) is 3.62. The lowest BCUT2D eigenvalue weighted by Gasteiger charge is -2.16. The number of ether oxygens (including phenoxy) is 2. The van der Waals surface area contributed by atoms with Crippen molar-refractivity contribution in [2.24, 2.45) is 0 Å². The lowest BCUT2D eigenvalue weighted by Crippen LogP contribution is -2.33. The maximum atomic E-state index is 11.9. The molecule has 1 aromatic carbocycles. The topological polar surface area (TPSA) is 84.9 Å². The fourth-order valence-electron chi connectivity index (χ4n) is 1.43. The molecule has 0 aliphatic rings. The van der Waals surface area contributed by atoms with Gasteiger partial charge in [0.05, 0.1) is 5.56 Å². The summed E-state index contributed by atoms with van der Waals surface area (Å²) in [5.41, 5.74) is 0.483. The van der Waals surface area contributed by atoms with Gasteiger partial charge in [-0.05, 0) is 32.0 Å². The molecule has 0 bridgehead atoms. The minimum absolute atomic E-state index is 0.0992. The molecule has 6 nitrogen and oxygen atoms in total. The molecule has 2 N–H and O–H groups in total. The molecule has 0 saturated heterocycles. The van der Waals surface area contributed by atoms with Crippen LogP contribution in [-0.2, 0) is 14.3 Å². The van der Waals surface area contributed by atoms with Crippen LogP contribution in [0.15, 0.2) is 24.3 Å². The van der Waals surface area contributed by atoms with Gasteiger partial charge in [0.25, 0.3) is 5.91 Å². The number of amides is 1. The monoisotopic (exact) mass is 267 g/mol. The van der Waals surface area contributed by atoms with E-state index >= 15 is 0 Å². The van der Waals surface area contributed by atoms with Crippen molar-refractivity contribution in [2.45, 2.75) is 20.1 Å². The molecule has 104 valence electrons. The van der Waals surface area contributed by atoms with Crippen molar-refractivity contribution in [2.75, 3.05) is 18.5 Å². The number of nitrogens with one attached hydrogen (secondary N) is 1. The molecule has 0 radical (unpaired) electrons. The zero-order valence-corrected chi connectivity index (χ0v) is 10.9. The lowest BCUT2D eigenvalue weighted by atomic mass is 10.2. The fourth-order valence-corrected chi connectivity index (χ4v) is 1.43. The zero-order chi connectivity index (χ0) is 14.3. The van der Waals surface area contributed by atoms with Gasteiger partial charge in [-0.1, -0.05) is 6.07 Å². The van der Waals surface area contributed by atoms with Gasteiger partial charge in [0.1, 0.15) is 0 Å². The highest BCUT2D eigenvalue weighted by Gasteiger charge is 2.19. The van der Waals surface area contributed by atoms with Gasteiger partial charge in [0.2, 0.25) is 6.29 Å². The van der Waals surface area contributed by atoms with E-state index in [-0.39, 0.29) is 5.56 Å². The van der Waals surface area contributed by atoms with Gasteiger partial charge < -0.3 is 19.9 Å². The van der Waals surface area contributed by atoms with Gasteiger partial charge in [-0.15, -0.1) is 0 Å². The Bertz CT molecular complexity index is 440. The summed E-state index contributed by atoms with van der Waals surface area (Å²) in [5.74, 6) is -1.52. The molecule has 0 aliphatic carbocycles. The van der Waals surface area contributed by atoms with Gasteiger partial charge in [0.15, 0.2) is 0 Å². The smallest absolute Gasteiger partial charge is 0.335 e. The number of hydrogen-bond acceptors (Lipinski definition) is 4. The molecule has 0 aliphatic heterocycles. The molecular formula is C13H17NO5. The second-order valence-electron chi connectivity index (χ2n) is 3.62. The third kappa shape index (κ3) is 4.69. The Morgan fingerprint density at radius 2 is 1.89 bits per heavy atom. The van der Waals surface area contributed by atoms with E-state index in [2.05, 4.69) is 5.32 Å². The molecule has 0 heterocycles. The van der Waals surface area contributed by atoms with Crippen molar-refractivity contribution in [1.29, 1.82) is 0 Å². The van der Waals surface area contributed by atoms with E-state index in [0.29, 0.717) is 18.9 Å². The molecule has 1 aromatic rings.